The van der Waals surface area contributed by atoms with Crippen molar-refractivity contribution < 1.29 is 23.2 Å². The lowest BCUT2D eigenvalue weighted by Crippen LogP contribution is -2.26. The van der Waals surface area contributed by atoms with E-state index in [1.807, 2.05) is 18.3 Å². The minimum atomic E-state index is -0.488. The molecule has 2 aliphatic heterocycles. The third kappa shape index (κ3) is 3.28. The van der Waals surface area contributed by atoms with Crippen molar-refractivity contribution in [1.82, 2.24) is 20.3 Å². The van der Waals surface area contributed by atoms with Crippen molar-refractivity contribution in [2.24, 2.45) is 5.92 Å². The minimum absolute atomic E-state index is 0.0373. The smallest absolute Gasteiger partial charge is 0.257 e. The van der Waals surface area contributed by atoms with E-state index < -0.39 is 5.82 Å². The number of rotatable bonds is 4. The molecular weight excluding hydrogens is 427 g/mol. The van der Waals surface area contributed by atoms with Crippen molar-refractivity contribution in [3.63, 3.8) is 0 Å². The number of carbonyl (C=O) groups excluding carboxylic acids is 1. The predicted octanol–water partition coefficient (Wildman–Crippen LogP) is 4.02. The molecule has 9 heteroatoms. The van der Waals surface area contributed by atoms with E-state index in [4.69, 9.17) is 14.0 Å². The second-order valence-corrected chi connectivity index (χ2v) is 8.13. The van der Waals surface area contributed by atoms with E-state index in [1.54, 1.807) is 29.2 Å². The van der Waals surface area contributed by atoms with Crippen LogP contribution in [0.1, 0.15) is 10.4 Å². The summed E-state index contributed by atoms with van der Waals surface area (Å²) in [6, 6.07) is 11.8. The van der Waals surface area contributed by atoms with E-state index in [0.717, 1.165) is 5.56 Å². The van der Waals surface area contributed by atoms with E-state index in [0.29, 0.717) is 59.3 Å². The summed E-state index contributed by atoms with van der Waals surface area (Å²) >= 11 is 0. The number of methoxy groups -OCH3 is 1. The van der Waals surface area contributed by atoms with Gasteiger partial charge in [-0.25, -0.2) is 4.39 Å². The maximum Gasteiger partial charge on any atom is 0.257 e. The summed E-state index contributed by atoms with van der Waals surface area (Å²) in [5, 5.41) is 11.8. The van der Waals surface area contributed by atoms with Gasteiger partial charge in [0.2, 0.25) is 0 Å². The Bertz CT molecular complexity index is 1410. The van der Waals surface area contributed by atoms with Crippen LogP contribution in [0.2, 0.25) is 0 Å². The van der Waals surface area contributed by atoms with Gasteiger partial charge in [-0.3, -0.25) is 9.89 Å². The predicted molar refractivity (Wildman–Crippen MR) is 117 cm³/mol. The molecule has 2 aliphatic rings. The Hall–Kier alpha value is -3.98. The third-order valence-corrected chi connectivity index (χ3v) is 6.12. The molecule has 1 atom stereocenters. The summed E-state index contributed by atoms with van der Waals surface area (Å²) in [5.74, 6) is 0.322. The Morgan fingerprint density at radius 1 is 1.24 bits per heavy atom. The monoisotopic (exact) mass is 446 g/mol. The van der Waals surface area contributed by atoms with Crippen LogP contribution in [0.4, 0.5) is 4.39 Å². The van der Waals surface area contributed by atoms with Crippen molar-refractivity contribution in [1.29, 1.82) is 0 Å². The first-order chi connectivity index (χ1) is 16.1. The number of fused-ring (bicyclic) bond motifs is 2. The highest BCUT2D eigenvalue weighted by molar-refractivity contribution is 5.96. The van der Waals surface area contributed by atoms with Crippen LogP contribution >= 0.6 is 0 Å². The number of amides is 1. The summed E-state index contributed by atoms with van der Waals surface area (Å²) in [6.07, 6.45) is 1.91. The van der Waals surface area contributed by atoms with Gasteiger partial charge in [-0.05, 0) is 23.8 Å². The highest BCUT2D eigenvalue weighted by Gasteiger charge is 2.32. The van der Waals surface area contributed by atoms with Crippen LogP contribution in [0.5, 0.6) is 5.75 Å². The lowest BCUT2D eigenvalue weighted by molar-refractivity contribution is 0.0810. The number of ether oxygens (including phenoxy) is 2. The Morgan fingerprint density at radius 3 is 2.88 bits per heavy atom. The Balaban J connectivity index is 1.24. The van der Waals surface area contributed by atoms with Crippen LogP contribution in [-0.2, 0) is 4.74 Å². The van der Waals surface area contributed by atoms with Crippen LogP contribution in [0.15, 0.2) is 58.8 Å². The summed E-state index contributed by atoms with van der Waals surface area (Å²) in [6.45, 7) is 1.94. The highest BCUT2D eigenvalue weighted by Crippen LogP contribution is 2.33. The van der Waals surface area contributed by atoms with Gasteiger partial charge in [-0.2, -0.15) is 5.10 Å². The number of aromatic amines is 1. The highest BCUT2D eigenvalue weighted by atomic mass is 19.1. The van der Waals surface area contributed by atoms with Crippen LogP contribution in [-0.4, -0.2) is 53.0 Å². The molecule has 1 fully saturated rings. The molecule has 2 aromatic heterocycles. The number of hydrogen-bond donors (Lipinski definition) is 1. The van der Waals surface area contributed by atoms with Gasteiger partial charge in [-0.15, -0.1) is 0 Å². The number of nitrogens with zero attached hydrogens (tertiary/aromatic N) is 3. The molecule has 2 aromatic carbocycles. The van der Waals surface area contributed by atoms with Gasteiger partial charge in [0, 0.05) is 47.3 Å². The molecule has 1 saturated heterocycles. The van der Waals surface area contributed by atoms with Crippen LogP contribution < -0.4 is 4.74 Å². The molecule has 4 aromatic rings. The number of H-pyrrole nitrogens is 1. The molecule has 8 nitrogen and oxygen atoms in total. The molecule has 0 aliphatic carbocycles. The second-order valence-electron chi connectivity index (χ2n) is 8.13. The van der Waals surface area contributed by atoms with Crippen molar-refractivity contribution in [3.05, 3.63) is 65.6 Å². The molecule has 0 bridgehead atoms. The maximum atomic E-state index is 14.2. The van der Waals surface area contributed by atoms with Crippen LogP contribution in [0.3, 0.4) is 0 Å². The zero-order valence-corrected chi connectivity index (χ0v) is 17.7. The molecule has 1 unspecified atom stereocenters. The quantitative estimate of drug-likeness (QED) is 0.509. The number of nitrogens with one attached hydrogen (secondary N) is 1. The first-order valence-electron chi connectivity index (χ1n) is 10.5. The van der Waals surface area contributed by atoms with Crippen molar-refractivity contribution in [3.8, 4) is 28.5 Å². The lowest BCUT2D eigenvalue weighted by Gasteiger charge is -2.15. The number of halogens is 1. The van der Waals surface area contributed by atoms with Gasteiger partial charge in [0.1, 0.15) is 11.4 Å². The molecule has 1 N–H and O–H groups in total. The topological polar surface area (TPSA) is 93.5 Å². The normalized spacial score (nSPS) is 17.5. The standard InChI is InChI=1S/C24H19FN4O4/c1-31-21-8-20-17(6-18(21)25)23(27-26-20)22-7-19(28-33-22)13-2-4-14(5-3-13)24(30)29-9-15-11-32-12-16(15)10-29/h2-9,16H,10-12H2,1H3,(H,26,27). The number of carbonyl (C=O) groups is 1. The van der Waals surface area contributed by atoms with Crippen molar-refractivity contribution in [2.45, 2.75) is 0 Å². The van der Waals surface area contributed by atoms with Gasteiger partial charge < -0.3 is 18.9 Å². The molecule has 0 spiro atoms. The van der Waals surface area contributed by atoms with E-state index in [-0.39, 0.29) is 11.7 Å². The zero-order chi connectivity index (χ0) is 22.5. The molecule has 166 valence electrons. The van der Waals surface area contributed by atoms with E-state index in [2.05, 4.69) is 15.4 Å². The average Bonchev–Trinajstić information content (AvgIpc) is 3.61. The van der Waals surface area contributed by atoms with Gasteiger partial charge >= 0.3 is 0 Å². The first-order valence-corrected chi connectivity index (χ1v) is 10.5. The van der Waals surface area contributed by atoms with E-state index in [1.165, 1.54) is 18.7 Å². The SMILES string of the molecule is COc1cc2[nH]nc(-c3cc(-c4ccc(C(=O)N5C=C6COCC6C5)cc4)no3)c2cc1F. The second kappa shape index (κ2) is 7.56. The van der Waals surface area contributed by atoms with Gasteiger partial charge in [0.05, 0.1) is 25.8 Å². The van der Waals surface area contributed by atoms with Crippen LogP contribution in [0.25, 0.3) is 33.6 Å². The maximum absolute atomic E-state index is 14.2. The van der Waals surface area contributed by atoms with Crippen molar-refractivity contribution in [2.75, 3.05) is 26.9 Å². The third-order valence-electron chi connectivity index (χ3n) is 6.12. The largest absolute Gasteiger partial charge is 0.494 e. The Kier molecular flexibility index (Phi) is 4.51. The van der Waals surface area contributed by atoms with Gasteiger partial charge in [0.25, 0.3) is 5.91 Å². The molecule has 0 radical (unpaired) electrons. The molecular formula is C24H19FN4O4. The summed E-state index contributed by atoms with van der Waals surface area (Å²) in [4.78, 5) is 14.6. The lowest BCUT2D eigenvalue weighted by atomic mass is 10.1. The van der Waals surface area contributed by atoms with Gasteiger partial charge in [-0.1, -0.05) is 17.3 Å². The van der Waals surface area contributed by atoms with Gasteiger partial charge in [0.15, 0.2) is 17.3 Å². The average molecular weight is 446 g/mol. The fourth-order valence-electron chi connectivity index (χ4n) is 4.32. The Labute approximate surface area is 187 Å². The Morgan fingerprint density at radius 2 is 2.09 bits per heavy atom. The first kappa shape index (κ1) is 19.7. The fourth-order valence-corrected chi connectivity index (χ4v) is 4.32. The number of benzene rings is 2. The summed E-state index contributed by atoms with van der Waals surface area (Å²) < 4.78 is 30.1. The summed E-state index contributed by atoms with van der Waals surface area (Å²) in [5.41, 5.74) is 4.23. The van der Waals surface area contributed by atoms with Crippen molar-refractivity contribution >= 4 is 16.8 Å². The molecule has 1 amide bonds. The molecule has 4 heterocycles. The fraction of sp³-hybridized carbons (Fsp3) is 0.208. The number of hydrogen-bond acceptors (Lipinski definition) is 6. The molecule has 0 saturated carbocycles. The summed E-state index contributed by atoms with van der Waals surface area (Å²) in [7, 11) is 1.41. The molecule has 6 rings (SSSR count). The zero-order valence-electron chi connectivity index (χ0n) is 17.7. The minimum Gasteiger partial charge on any atom is -0.494 e. The van der Waals surface area contributed by atoms with E-state index in [9.17, 15) is 9.18 Å². The van der Waals surface area contributed by atoms with Crippen LogP contribution in [0, 0.1) is 11.7 Å². The van der Waals surface area contributed by atoms with E-state index >= 15 is 0 Å². The number of aromatic nitrogens is 3. The molecule has 33 heavy (non-hydrogen) atoms.